The highest BCUT2D eigenvalue weighted by Gasteiger charge is 2.30. The highest BCUT2D eigenvalue weighted by Crippen LogP contribution is 2.35. The fourth-order valence-electron chi connectivity index (χ4n) is 2.87. The van der Waals surface area contributed by atoms with Crippen LogP contribution in [0.4, 0.5) is 5.82 Å². The largest absolute Gasteiger partial charge is 0.373 e. The molecule has 0 saturated heterocycles. The van der Waals surface area contributed by atoms with E-state index in [9.17, 15) is 0 Å². The third-order valence-electron chi connectivity index (χ3n) is 3.84. The van der Waals surface area contributed by atoms with E-state index < -0.39 is 0 Å². The Kier molecular flexibility index (Phi) is 4.60. The molecule has 1 atom stereocenters. The van der Waals surface area contributed by atoms with Gasteiger partial charge in [-0.15, -0.1) is 0 Å². The lowest BCUT2D eigenvalue weighted by Gasteiger charge is -2.29. The molecule has 5 nitrogen and oxygen atoms in total. The Balaban J connectivity index is 2.47. The molecule has 1 aromatic heterocycles. The molecule has 112 valence electrons. The second kappa shape index (κ2) is 6.06. The number of nitrogens with zero attached hydrogens (tertiary/aromatic N) is 2. The number of nitrogens with two attached hydrogens (primary N) is 1. The van der Waals surface area contributed by atoms with E-state index in [1.807, 2.05) is 0 Å². The number of ether oxygens (including phenoxy) is 1. The van der Waals surface area contributed by atoms with Crippen LogP contribution in [0.2, 0.25) is 0 Å². The number of aromatic nitrogens is 2. The van der Waals surface area contributed by atoms with Crippen LogP contribution >= 0.6 is 0 Å². The van der Waals surface area contributed by atoms with Crippen LogP contribution < -0.4 is 11.3 Å². The molecule has 0 saturated carbocycles. The predicted octanol–water partition coefficient (Wildman–Crippen LogP) is 2.76. The quantitative estimate of drug-likeness (QED) is 0.505. The standard InChI is InChI=1S/C15H26N4O/c1-15(2,3)12(20-4)14-17-11-9-7-5-6-8-10(11)13(18-14)19-16/h12H,5-9,16H2,1-4H3,(H,17,18,19). The highest BCUT2D eigenvalue weighted by atomic mass is 16.5. The highest BCUT2D eigenvalue weighted by molar-refractivity contribution is 5.46. The van der Waals surface area contributed by atoms with Crippen molar-refractivity contribution in [1.29, 1.82) is 0 Å². The summed E-state index contributed by atoms with van der Waals surface area (Å²) in [5.74, 6) is 7.16. The van der Waals surface area contributed by atoms with E-state index in [-0.39, 0.29) is 11.5 Å². The van der Waals surface area contributed by atoms with E-state index in [1.165, 1.54) is 24.8 Å². The van der Waals surface area contributed by atoms with Crippen molar-refractivity contribution in [2.24, 2.45) is 11.3 Å². The molecule has 1 aliphatic rings. The van der Waals surface area contributed by atoms with E-state index >= 15 is 0 Å². The Morgan fingerprint density at radius 1 is 1.15 bits per heavy atom. The maximum Gasteiger partial charge on any atom is 0.160 e. The number of hydrogen-bond donors (Lipinski definition) is 2. The third-order valence-corrected chi connectivity index (χ3v) is 3.84. The van der Waals surface area contributed by atoms with Gasteiger partial charge in [0, 0.05) is 18.4 Å². The first kappa shape index (κ1) is 15.2. The Bertz CT molecular complexity index is 468. The zero-order valence-corrected chi connectivity index (χ0v) is 13.0. The van der Waals surface area contributed by atoms with Gasteiger partial charge < -0.3 is 10.2 Å². The number of fused-ring (bicyclic) bond motifs is 1. The van der Waals surface area contributed by atoms with Crippen LogP contribution in [0, 0.1) is 5.41 Å². The lowest BCUT2D eigenvalue weighted by Crippen LogP contribution is -2.25. The molecule has 0 fully saturated rings. The average molecular weight is 278 g/mol. The van der Waals surface area contributed by atoms with Gasteiger partial charge in [0.05, 0.1) is 0 Å². The molecular weight excluding hydrogens is 252 g/mol. The van der Waals surface area contributed by atoms with Crippen molar-refractivity contribution < 1.29 is 4.74 Å². The minimum atomic E-state index is -0.136. The number of rotatable bonds is 3. The summed E-state index contributed by atoms with van der Waals surface area (Å²) in [6, 6.07) is 0. The first-order valence-corrected chi connectivity index (χ1v) is 7.36. The fraction of sp³-hybridized carbons (Fsp3) is 0.733. The van der Waals surface area contributed by atoms with Crippen LogP contribution in [0.3, 0.4) is 0 Å². The molecule has 20 heavy (non-hydrogen) atoms. The molecule has 0 aliphatic heterocycles. The minimum Gasteiger partial charge on any atom is -0.373 e. The van der Waals surface area contributed by atoms with Crippen LogP contribution in [-0.4, -0.2) is 17.1 Å². The first-order chi connectivity index (χ1) is 9.47. The predicted molar refractivity (Wildman–Crippen MR) is 80.3 cm³/mol. The summed E-state index contributed by atoms with van der Waals surface area (Å²) in [7, 11) is 1.71. The lowest BCUT2D eigenvalue weighted by atomic mass is 9.88. The van der Waals surface area contributed by atoms with Gasteiger partial charge in [-0.25, -0.2) is 15.8 Å². The third kappa shape index (κ3) is 3.10. The van der Waals surface area contributed by atoms with E-state index in [2.05, 4.69) is 31.2 Å². The Labute approximate surface area is 121 Å². The molecule has 1 unspecified atom stereocenters. The number of nitrogens with one attached hydrogen (secondary N) is 1. The van der Waals surface area contributed by atoms with Gasteiger partial charge in [0.25, 0.3) is 0 Å². The molecule has 0 radical (unpaired) electrons. The number of nitrogen functional groups attached to an aromatic ring is 1. The van der Waals surface area contributed by atoms with Crippen molar-refractivity contribution in [3.8, 4) is 0 Å². The molecule has 0 spiro atoms. The summed E-state index contributed by atoms with van der Waals surface area (Å²) >= 11 is 0. The molecule has 0 bridgehead atoms. The Morgan fingerprint density at radius 3 is 2.45 bits per heavy atom. The second-order valence-electron chi connectivity index (χ2n) is 6.54. The molecular formula is C15H26N4O. The van der Waals surface area contributed by atoms with Crippen LogP contribution in [0.1, 0.15) is 63.2 Å². The average Bonchev–Trinajstić information content (AvgIpc) is 2.62. The molecule has 1 aromatic rings. The van der Waals surface area contributed by atoms with Crippen LogP contribution in [0.25, 0.3) is 0 Å². The number of hydrazine groups is 1. The van der Waals surface area contributed by atoms with E-state index in [0.717, 1.165) is 30.2 Å². The smallest absolute Gasteiger partial charge is 0.160 e. The summed E-state index contributed by atoms with van der Waals surface area (Å²) in [6.45, 7) is 6.39. The minimum absolute atomic E-state index is 0.0560. The summed E-state index contributed by atoms with van der Waals surface area (Å²) in [6.07, 6.45) is 5.46. The fourth-order valence-corrected chi connectivity index (χ4v) is 2.87. The second-order valence-corrected chi connectivity index (χ2v) is 6.54. The molecule has 0 aromatic carbocycles. The number of aryl methyl sites for hydroxylation is 1. The summed E-state index contributed by atoms with van der Waals surface area (Å²) in [5, 5.41) is 0. The lowest BCUT2D eigenvalue weighted by molar-refractivity contribution is 0.00858. The monoisotopic (exact) mass is 278 g/mol. The molecule has 1 aliphatic carbocycles. The summed E-state index contributed by atoms with van der Waals surface area (Å²) in [5.41, 5.74) is 5.00. The van der Waals surface area contributed by atoms with Crippen molar-refractivity contribution in [1.82, 2.24) is 9.97 Å². The van der Waals surface area contributed by atoms with Gasteiger partial charge in [-0.2, -0.15) is 0 Å². The Hall–Kier alpha value is -1.20. The van der Waals surface area contributed by atoms with Crippen molar-refractivity contribution in [2.75, 3.05) is 12.5 Å². The van der Waals surface area contributed by atoms with Gasteiger partial charge in [0.1, 0.15) is 11.9 Å². The topological polar surface area (TPSA) is 73.1 Å². The van der Waals surface area contributed by atoms with Gasteiger partial charge in [-0.1, -0.05) is 27.2 Å². The molecule has 2 rings (SSSR count). The van der Waals surface area contributed by atoms with Gasteiger partial charge in [0.15, 0.2) is 5.82 Å². The zero-order valence-electron chi connectivity index (χ0n) is 13.0. The van der Waals surface area contributed by atoms with Gasteiger partial charge in [0.2, 0.25) is 0 Å². The molecule has 3 N–H and O–H groups in total. The number of anilines is 1. The number of hydrogen-bond acceptors (Lipinski definition) is 5. The summed E-state index contributed by atoms with van der Waals surface area (Å²) < 4.78 is 5.63. The van der Waals surface area contributed by atoms with Crippen molar-refractivity contribution >= 4 is 5.82 Å². The molecule has 1 heterocycles. The summed E-state index contributed by atoms with van der Waals surface area (Å²) in [4.78, 5) is 9.40. The van der Waals surface area contributed by atoms with Gasteiger partial charge in [-0.05, 0) is 31.1 Å². The molecule has 5 heteroatoms. The van der Waals surface area contributed by atoms with Crippen LogP contribution in [0.5, 0.6) is 0 Å². The maximum atomic E-state index is 5.66. The van der Waals surface area contributed by atoms with E-state index in [0.29, 0.717) is 0 Å². The Morgan fingerprint density at radius 2 is 1.85 bits per heavy atom. The van der Waals surface area contributed by atoms with Crippen molar-refractivity contribution in [3.63, 3.8) is 0 Å². The SMILES string of the molecule is COC(c1nc2c(c(NN)n1)CCCCC2)C(C)(C)C. The normalized spacial score (nSPS) is 17.2. The van der Waals surface area contributed by atoms with Crippen molar-refractivity contribution in [2.45, 2.75) is 59.0 Å². The first-order valence-electron chi connectivity index (χ1n) is 7.36. The van der Waals surface area contributed by atoms with E-state index in [1.54, 1.807) is 7.11 Å². The maximum absolute atomic E-state index is 5.66. The number of methoxy groups -OCH3 is 1. The molecule has 0 amide bonds. The van der Waals surface area contributed by atoms with E-state index in [4.69, 9.17) is 15.6 Å². The van der Waals surface area contributed by atoms with Gasteiger partial charge in [-0.3, -0.25) is 0 Å². The van der Waals surface area contributed by atoms with Gasteiger partial charge >= 0.3 is 0 Å². The zero-order chi connectivity index (χ0) is 14.8. The van der Waals surface area contributed by atoms with Crippen LogP contribution in [0.15, 0.2) is 0 Å². The van der Waals surface area contributed by atoms with Crippen molar-refractivity contribution in [3.05, 3.63) is 17.1 Å². The van der Waals surface area contributed by atoms with Crippen LogP contribution in [-0.2, 0) is 17.6 Å².